The molecule has 0 fully saturated rings. The van der Waals surface area contributed by atoms with Crippen LogP contribution in [0.2, 0.25) is 0 Å². The molecule has 0 aliphatic rings. The number of benzene rings is 6. The van der Waals surface area contributed by atoms with Gasteiger partial charge in [-0.2, -0.15) is 0 Å². The first-order valence-electron chi connectivity index (χ1n) is 22.6. The minimum absolute atomic E-state index is 0.794. The van der Waals surface area contributed by atoms with E-state index in [1.807, 2.05) is 73.1 Å². The Morgan fingerprint density at radius 3 is 1.04 bits per heavy atom. The van der Waals surface area contributed by atoms with Crippen molar-refractivity contribution in [3.8, 4) is 56.4 Å². The van der Waals surface area contributed by atoms with Gasteiger partial charge in [0, 0.05) is 70.0 Å². The number of pyridine rings is 4. The van der Waals surface area contributed by atoms with Gasteiger partial charge in [-0.25, -0.2) is 9.97 Å². The fourth-order valence-electron chi connectivity index (χ4n) is 9.12. The second-order valence-corrected chi connectivity index (χ2v) is 16.4. The van der Waals surface area contributed by atoms with E-state index in [9.17, 15) is 0 Å². The van der Waals surface area contributed by atoms with Crippen molar-refractivity contribution >= 4 is 45.4 Å². The molecule has 12 aromatic rings. The monoisotopic (exact) mass is 874 g/mol. The molecule has 8 heteroatoms. The van der Waals surface area contributed by atoms with E-state index in [-0.39, 0.29) is 0 Å². The summed E-state index contributed by atoms with van der Waals surface area (Å²) in [6.07, 6.45) is 7.88. The molecular weight excluding hydrogens is 833 g/mol. The summed E-state index contributed by atoms with van der Waals surface area (Å²) >= 11 is 0. The van der Waals surface area contributed by atoms with Crippen LogP contribution in [0, 0.1) is 0 Å². The van der Waals surface area contributed by atoms with Crippen LogP contribution in [0.15, 0.2) is 255 Å². The normalized spacial score (nSPS) is 11.2. The van der Waals surface area contributed by atoms with Gasteiger partial charge in [0.1, 0.15) is 22.7 Å². The fourth-order valence-corrected chi connectivity index (χ4v) is 9.12. The molecule has 0 aliphatic carbocycles. The first kappa shape index (κ1) is 40.1. The zero-order valence-corrected chi connectivity index (χ0v) is 36.8. The molecule has 0 radical (unpaired) electrons. The summed E-state index contributed by atoms with van der Waals surface area (Å²) in [6.45, 7) is 0. The molecule has 0 N–H and O–H groups in total. The Hall–Kier alpha value is -9.40. The molecule has 0 atom stereocenters. The van der Waals surface area contributed by atoms with E-state index in [0.29, 0.717) is 0 Å². The maximum Gasteiger partial charge on any atom is 0.138 e. The highest BCUT2D eigenvalue weighted by atomic mass is 15.2. The number of rotatable bonds is 11. The summed E-state index contributed by atoms with van der Waals surface area (Å²) < 4.78 is 4.28. The molecule has 8 nitrogen and oxygen atoms in total. The number of anilines is 6. The Balaban J connectivity index is 0.879. The van der Waals surface area contributed by atoms with Crippen molar-refractivity contribution in [2.75, 3.05) is 9.80 Å². The third kappa shape index (κ3) is 7.51. The summed E-state index contributed by atoms with van der Waals surface area (Å²) in [5.74, 6) is 0. The standard InChI is InChI=1S/C60H42N8/c1-5-17-45(18-6-1)59-57(63-55-25-13-15-39-65(55)59)53-41-51(35-37-61-53)67(47-21-9-3-10-22-47)49-31-27-43(28-32-49)44-29-33-50(34-30-44)68(48-23-11-4-12-24-48)52-36-38-62-54(42-52)58-60(46-19-7-2-8-20-46)66-40-16-14-26-56(66)64-58/h1-42H. The molecule has 0 spiro atoms. The Bertz CT molecular complexity index is 3420. The lowest BCUT2D eigenvalue weighted by atomic mass is 10.0. The number of aromatic nitrogens is 6. The first-order valence-corrected chi connectivity index (χ1v) is 22.6. The van der Waals surface area contributed by atoms with E-state index in [0.717, 1.165) is 102 Å². The summed E-state index contributed by atoms with van der Waals surface area (Å²) in [5.41, 5.74) is 17.5. The average molecular weight is 875 g/mol. The zero-order chi connectivity index (χ0) is 45.2. The van der Waals surface area contributed by atoms with Crippen LogP contribution in [0.5, 0.6) is 0 Å². The van der Waals surface area contributed by atoms with Gasteiger partial charge in [0.15, 0.2) is 0 Å². The largest absolute Gasteiger partial charge is 0.310 e. The molecule has 0 bridgehead atoms. The zero-order valence-electron chi connectivity index (χ0n) is 36.8. The number of hydrogen-bond donors (Lipinski definition) is 0. The topological polar surface area (TPSA) is 66.9 Å². The van der Waals surface area contributed by atoms with Gasteiger partial charge in [-0.1, -0.05) is 133 Å². The lowest BCUT2D eigenvalue weighted by Gasteiger charge is -2.26. The summed E-state index contributed by atoms with van der Waals surface area (Å²) in [7, 11) is 0. The van der Waals surface area contributed by atoms with E-state index in [2.05, 4.69) is 201 Å². The molecule has 68 heavy (non-hydrogen) atoms. The molecule has 6 aromatic heterocycles. The van der Waals surface area contributed by atoms with Crippen LogP contribution in [0.3, 0.4) is 0 Å². The lowest BCUT2D eigenvalue weighted by molar-refractivity contribution is 1.19. The fraction of sp³-hybridized carbons (Fsp3) is 0. The van der Waals surface area contributed by atoms with Crippen LogP contribution in [0.4, 0.5) is 34.1 Å². The molecule has 0 unspecified atom stereocenters. The van der Waals surface area contributed by atoms with Gasteiger partial charge in [0.25, 0.3) is 0 Å². The maximum absolute atomic E-state index is 5.11. The van der Waals surface area contributed by atoms with E-state index >= 15 is 0 Å². The SMILES string of the molecule is c1ccc(-c2c(-c3cc(N(c4ccccc4)c4ccc(-c5ccc(N(c6ccccc6)c6ccnc(-c7nc8ccccn8c7-c7ccccc7)c6)cc5)cc4)ccn3)nc3ccccn23)cc1. The molecule has 0 saturated heterocycles. The second-order valence-electron chi connectivity index (χ2n) is 16.4. The molecule has 6 aromatic carbocycles. The molecule has 6 heterocycles. The van der Waals surface area contributed by atoms with Gasteiger partial charge in [0.2, 0.25) is 0 Å². The molecule has 0 saturated carbocycles. The van der Waals surface area contributed by atoms with Crippen molar-refractivity contribution in [3.63, 3.8) is 0 Å². The quantitative estimate of drug-likeness (QED) is 0.129. The molecule has 12 rings (SSSR count). The minimum Gasteiger partial charge on any atom is -0.310 e. The average Bonchev–Trinajstić information content (AvgIpc) is 4.01. The summed E-state index contributed by atoms with van der Waals surface area (Å²) in [4.78, 5) is 24.6. The summed E-state index contributed by atoms with van der Waals surface area (Å²) in [6, 6.07) is 79.8. The lowest BCUT2D eigenvalue weighted by Crippen LogP contribution is -2.10. The van der Waals surface area contributed by atoms with Gasteiger partial charge in [0.05, 0.1) is 22.8 Å². The van der Waals surface area contributed by atoms with Gasteiger partial charge in [-0.3, -0.25) is 18.8 Å². The molecule has 0 amide bonds. The van der Waals surface area contributed by atoms with Crippen molar-refractivity contribution in [1.82, 2.24) is 28.7 Å². The van der Waals surface area contributed by atoms with Crippen LogP contribution in [0.1, 0.15) is 0 Å². The number of hydrogen-bond acceptors (Lipinski definition) is 6. The maximum atomic E-state index is 5.11. The van der Waals surface area contributed by atoms with Crippen molar-refractivity contribution in [2.24, 2.45) is 0 Å². The van der Waals surface area contributed by atoms with Crippen molar-refractivity contribution in [1.29, 1.82) is 0 Å². The Kier molecular flexibility index (Phi) is 10.3. The van der Waals surface area contributed by atoms with Crippen LogP contribution >= 0.6 is 0 Å². The van der Waals surface area contributed by atoms with E-state index in [4.69, 9.17) is 19.9 Å². The van der Waals surface area contributed by atoms with Crippen molar-refractivity contribution in [2.45, 2.75) is 0 Å². The van der Waals surface area contributed by atoms with Crippen LogP contribution < -0.4 is 9.80 Å². The van der Waals surface area contributed by atoms with Gasteiger partial charge in [-0.05, 0) is 108 Å². The number of para-hydroxylation sites is 2. The van der Waals surface area contributed by atoms with E-state index in [1.165, 1.54) is 0 Å². The van der Waals surface area contributed by atoms with Crippen molar-refractivity contribution in [3.05, 3.63) is 255 Å². The Labute approximate surface area is 394 Å². The Morgan fingerprint density at radius 1 is 0.294 bits per heavy atom. The minimum atomic E-state index is 0.794. The van der Waals surface area contributed by atoms with E-state index < -0.39 is 0 Å². The smallest absolute Gasteiger partial charge is 0.138 e. The van der Waals surface area contributed by atoms with Gasteiger partial charge in [-0.15, -0.1) is 0 Å². The van der Waals surface area contributed by atoms with Gasteiger partial charge >= 0.3 is 0 Å². The van der Waals surface area contributed by atoms with Crippen molar-refractivity contribution < 1.29 is 0 Å². The highest BCUT2D eigenvalue weighted by molar-refractivity contribution is 5.87. The summed E-state index contributed by atoms with van der Waals surface area (Å²) in [5, 5.41) is 0. The number of imidazole rings is 2. The van der Waals surface area contributed by atoms with Crippen LogP contribution in [0.25, 0.3) is 67.7 Å². The van der Waals surface area contributed by atoms with Crippen LogP contribution in [-0.2, 0) is 0 Å². The highest BCUT2D eigenvalue weighted by Gasteiger charge is 2.22. The predicted octanol–water partition coefficient (Wildman–Crippen LogP) is 15.0. The molecular formula is C60H42N8. The molecule has 322 valence electrons. The van der Waals surface area contributed by atoms with Gasteiger partial charge < -0.3 is 9.80 Å². The predicted molar refractivity (Wildman–Crippen MR) is 276 cm³/mol. The first-order chi connectivity index (χ1) is 33.7. The Morgan fingerprint density at radius 2 is 0.647 bits per heavy atom. The van der Waals surface area contributed by atoms with E-state index in [1.54, 1.807) is 0 Å². The third-order valence-corrected chi connectivity index (χ3v) is 12.3. The second kappa shape index (κ2) is 17.5. The molecule has 0 aliphatic heterocycles. The third-order valence-electron chi connectivity index (χ3n) is 12.3. The number of nitrogens with zero attached hydrogens (tertiary/aromatic N) is 8. The number of fused-ring (bicyclic) bond motifs is 2. The highest BCUT2D eigenvalue weighted by Crippen LogP contribution is 2.41. The van der Waals surface area contributed by atoms with Crippen LogP contribution in [-0.4, -0.2) is 28.7 Å².